The lowest BCUT2D eigenvalue weighted by molar-refractivity contribution is -0.141. The summed E-state index contributed by atoms with van der Waals surface area (Å²) in [6.07, 6.45) is -1.62. The van der Waals surface area contributed by atoms with Crippen LogP contribution >= 0.6 is 23.1 Å². The smallest absolute Gasteiger partial charge is 0.348 e. The van der Waals surface area contributed by atoms with Gasteiger partial charge >= 0.3 is 6.18 Å². The molecule has 0 aliphatic heterocycles. The Balaban J connectivity index is 2.06. The number of thiazole rings is 1. The van der Waals surface area contributed by atoms with Crippen molar-refractivity contribution in [2.75, 3.05) is 5.75 Å². The van der Waals surface area contributed by atoms with Crippen LogP contribution < -0.4 is 10.9 Å². The fourth-order valence-electron chi connectivity index (χ4n) is 2.34. The SMILES string of the molecule is CCSc1nc2scc(C(F)(F)F)n2c(=O)c1C(=O)NCc1cccnc1. The van der Waals surface area contributed by atoms with E-state index in [0.717, 1.165) is 17.1 Å². The zero-order valence-electron chi connectivity index (χ0n) is 13.9. The van der Waals surface area contributed by atoms with Crippen LogP contribution in [-0.4, -0.2) is 26.0 Å². The summed E-state index contributed by atoms with van der Waals surface area (Å²) in [5.41, 5.74) is -1.88. The number of pyridine rings is 1. The number of thioether (sulfide) groups is 1. The first-order valence-corrected chi connectivity index (χ1v) is 9.60. The lowest BCUT2D eigenvalue weighted by atomic mass is 10.2. The number of fused-ring (bicyclic) bond motifs is 1. The Labute approximate surface area is 159 Å². The van der Waals surface area contributed by atoms with Crippen LogP contribution in [0.2, 0.25) is 0 Å². The molecule has 0 spiro atoms. The monoisotopic (exact) mass is 414 g/mol. The molecule has 0 unspecified atom stereocenters. The summed E-state index contributed by atoms with van der Waals surface area (Å²) in [6, 6.07) is 3.41. The third-order valence-corrected chi connectivity index (χ3v) is 5.19. The number of hydrogen-bond donors (Lipinski definition) is 1. The number of nitrogens with zero attached hydrogens (tertiary/aromatic N) is 3. The second kappa shape index (κ2) is 7.69. The molecule has 0 bridgehead atoms. The van der Waals surface area contributed by atoms with Crippen LogP contribution in [0, 0.1) is 0 Å². The van der Waals surface area contributed by atoms with Gasteiger partial charge in [-0.1, -0.05) is 13.0 Å². The highest BCUT2D eigenvalue weighted by atomic mass is 32.2. The maximum Gasteiger partial charge on any atom is 0.432 e. The number of carbonyl (C=O) groups is 1. The van der Waals surface area contributed by atoms with Crippen LogP contribution in [0.4, 0.5) is 13.2 Å². The van der Waals surface area contributed by atoms with Crippen molar-refractivity contribution in [2.45, 2.75) is 24.7 Å². The first-order valence-electron chi connectivity index (χ1n) is 7.74. The molecule has 0 fully saturated rings. The van der Waals surface area contributed by atoms with Gasteiger partial charge in [-0.15, -0.1) is 23.1 Å². The van der Waals surface area contributed by atoms with Gasteiger partial charge in [0.2, 0.25) is 0 Å². The molecule has 0 radical (unpaired) electrons. The summed E-state index contributed by atoms with van der Waals surface area (Å²) < 4.78 is 40.0. The molecule has 0 aromatic carbocycles. The second-order valence-corrected chi connectivity index (χ2v) is 7.40. The number of hydrogen-bond acceptors (Lipinski definition) is 6. The number of alkyl halides is 3. The second-order valence-electron chi connectivity index (χ2n) is 5.31. The number of rotatable bonds is 5. The van der Waals surface area contributed by atoms with Gasteiger partial charge in [-0.2, -0.15) is 13.2 Å². The highest BCUT2D eigenvalue weighted by Crippen LogP contribution is 2.32. The Morgan fingerprint density at radius 3 is 2.81 bits per heavy atom. The highest BCUT2D eigenvalue weighted by Gasteiger charge is 2.36. The standard InChI is InChI=1S/C16H13F3N4O2S2/c1-2-26-13-11(12(24)21-7-9-4-3-5-20-6-9)14(25)23-10(16(17,18)19)8-27-15(23)22-13/h3-6,8H,2,7H2,1H3,(H,21,24). The van der Waals surface area contributed by atoms with E-state index in [4.69, 9.17) is 0 Å². The minimum atomic E-state index is -4.73. The zero-order chi connectivity index (χ0) is 19.6. The van der Waals surface area contributed by atoms with Crippen molar-refractivity contribution < 1.29 is 18.0 Å². The predicted molar refractivity (Wildman–Crippen MR) is 96.1 cm³/mol. The van der Waals surface area contributed by atoms with E-state index >= 15 is 0 Å². The molecule has 6 nitrogen and oxygen atoms in total. The first-order chi connectivity index (χ1) is 12.8. The van der Waals surface area contributed by atoms with Crippen molar-refractivity contribution in [1.29, 1.82) is 0 Å². The van der Waals surface area contributed by atoms with Gasteiger partial charge in [-0.05, 0) is 17.4 Å². The number of carbonyl (C=O) groups excluding carboxylic acids is 1. The van der Waals surface area contributed by atoms with E-state index in [9.17, 15) is 22.8 Å². The zero-order valence-corrected chi connectivity index (χ0v) is 15.5. The molecule has 3 rings (SSSR count). The molecular weight excluding hydrogens is 401 g/mol. The fourth-order valence-corrected chi connectivity index (χ4v) is 4.03. The van der Waals surface area contributed by atoms with Crippen molar-refractivity contribution >= 4 is 34.0 Å². The van der Waals surface area contributed by atoms with Crippen LogP contribution in [0.5, 0.6) is 0 Å². The molecule has 3 aromatic heterocycles. The van der Waals surface area contributed by atoms with Crippen molar-refractivity contribution in [3.05, 3.63) is 57.1 Å². The Morgan fingerprint density at radius 2 is 2.19 bits per heavy atom. The predicted octanol–water partition coefficient (Wildman–Crippen LogP) is 3.21. The third-order valence-electron chi connectivity index (χ3n) is 3.51. The summed E-state index contributed by atoms with van der Waals surface area (Å²) in [6.45, 7) is 1.88. The summed E-state index contributed by atoms with van der Waals surface area (Å²) in [5.74, 6) is -0.274. The van der Waals surface area contributed by atoms with Gasteiger partial charge in [0.25, 0.3) is 11.5 Å². The molecule has 0 aliphatic carbocycles. The summed E-state index contributed by atoms with van der Waals surface area (Å²) in [7, 11) is 0. The first kappa shape index (κ1) is 19.4. The van der Waals surface area contributed by atoms with Gasteiger partial charge in [0.15, 0.2) is 4.96 Å². The Bertz CT molecular complexity index is 1030. The molecule has 1 amide bonds. The third kappa shape index (κ3) is 3.98. The molecule has 142 valence electrons. The van der Waals surface area contributed by atoms with Crippen LogP contribution in [0.1, 0.15) is 28.5 Å². The fraction of sp³-hybridized carbons (Fsp3) is 0.250. The molecule has 3 aromatic rings. The number of halogens is 3. The number of amides is 1. The van der Waals surface area contributed by atoms with E-state index in [1.165, 1.54) is 6.20 Å². The molecule has 3 heterocycles. The quantitative estimate of drug-likeness (QED) is 0.513. The maximum atomic E-state index is 13.2. The largest absolute Gasteiger partial charge is 0.432 e. The lowest BCUT2D eigenvalue weighted by Gasteiger charge is -2.11. The van der Waals surface area contributed by atoms with E-state index in [2.05, 4.69) is 15.3 Å². The topological polar surface area (TPSA) is 76.4 Å². The Morgan fingerprint density at radius 1 is 1.41 bits per heavy atom. The number of aromatic nitrogens is 3. The van der Waals surface area contributed by atoms with E-state index in [1.807, 2.05) is 0 Å². The van der Waals surface area contributed by atoms with Crippen molar-refractivity contribution in [1.82, 2.24) is 19.7 Å². The van der Waals surface area contributed by atoms with Crippen molar-refractivity contribution in [3.8, 4) is 0 Å². The van der Waals surface area contributed by atoms with Crippen LogP contribution in [0.15, 0.2) is 39.7 Å². The average molecular weight is 414 g/mol. The van der Waals surface area contributed by atoms with Crippen molar-refractivity contribution in [2.24, 2.45) is 0 Å². The molecular formula is C16H13F3N4O2S2. The minimum Gasteiger partial charge on any atom is -0.348 e. The average Bonchev–Trinajstić information content (AvgIpc) is 3.06. The van der Waals surface area contributed by atoms with Gasteiger partial charge in [0, 0.05) is 24.3 Å². The molecule has 0 saturated heterocycles. The van der Waals surface area contributed by atoms with E-state index < -0.39 is 28.9 Å². The van der Waals surface area contributed by atoms with Gasteiger partial charge < -0.3 is 5.32 Å². The van der Waals surface area contributed by atoms with Crippen LogP contribution in [-0.2, 0) is 12.7 Å². The Kier molecular flexibility index (Phi) is 5.51. The highest BCUT2D eigenvalue weighted by molar-refractivity contribution is 7.99. The van der Waals surface area contributed by atoms with Crippen LogP contribution in [0.3, 0.4) is 0 Å². The van der Waals surface area contributed by atoms with Crippen molar-refractivity contribution in [3.63, 3.8) is 0 Å². The molecule has 1 N–H and O–H groups in total. The van der Waals surface area contributed by atoms with Gasteiger partial charge in [-0.25, -0.2) is 9.38 Å². The maximum absolute atomic E-state index is 13.2. The number of nitrogens with one attached hydrogen (secondary N) is 1. The van der Waals surface area contributed by atoms with Gasteiger partial charge in [-0.3, -0.25) is 14.6 Å². The summed E-state index contributed by atoms with van der Waals surface area (Å²) >= 11 is 1.83. The molecule has 11 heteroatoms. The molecule has 0 saturated carbocycles. The normalized spacial score (nSPS) is 11.7. The molecule has 0 atom stereocenters. The minimum absolute atomic E-state index is 0.0841. The van der Waals surface area contributed by atoms with Gasteiger partial charge in [0.05, 0.1) is 0 Å². The summed E-state index contributed by atoms with van der Waals surface area (Å²) in [4.78, 5) is 33.3. The molecule has 0 aliphatic rings. The summed E-state index contributed by atoms with van der Waals surface area (Å²) in [5, 5.41) is 3.48. The Hall–Kier alpha value is -2.40. The molecule has 27 heavy (non-hydrogen) atoms. The van der Waals surface area contributed by atoms with E-state index in [0.29, 0.717) is 27.1 Å². The van der Waals surface area contributed by atoms with Crippen LogP contribution in [0.25, 0.3) is 4.96 Å². The van der Waals surface area contributed by atoms with E-state index in [1.54, 1.807) is 25.3 Å². The van der Waals surface area contributed by atoms with E-state index in [-0.39, 0.29) is 16.5 Å². The van der Waals surface area contributed by atoms with Gasteiger partial charge in [0.1, 0.15) is 16.3 Å². The lowest BCUT2D eigenvalue weighted by Crippen LogP contribution is -2.33.